The number of hydrogen-bond donors (Lipinski definition) is 1. The van der Waals surface area contributed by atoms with Crippen molar-refractivity contribution in [2.45, 2.75) is 221 Å². The molecule has 2 atom stereocenters. The first-order valence-corrected chi connectivity index (χ1v) is 26.6. The summed E-state index contributed by atoms with van der Waals surface area (Å²) in [5.41, 5.74) is 3.93. The molecule has 0 aromatic carbocycles. The Morgan fingerprint density at radius 3 is 1.63 bits per heavy atom. The van der Waals surface area contributed by atoms with E-state index in [2.05, 4.69) is 40.7 Å². The molecule has 2 heterocycles. The molecule has 0 bridgehead atoms. The normalized spacial score (nSPS) is 13.3. The molecule has 0 aliphatic rings. The molecule has 2 aromatic heterocycles. The number of furan rings is 2. The van der Waals surface area contributed by atoms with Crippen molar-refractivity contribution in [2.75, 3.05) is 47.5 Å². The first-order chi connectivity index (χ1) is 30.1. The Labute approximate surface area is 383 Å². The van der Waals surface area contributed by atoms with Crippen LogP contribution in [0.3, 0.4) is 0 Å². The number of esters is 2. The Hall–Kier alpha value is -2.43. The van der Waals surface area contributed by atoms with Crippen molar-refractivity contribution in [1.29, 1.82) is 0 Å². The SMILES string of the molecule is CCCCCc1cc(C)c(CCCCCCCCCCCCC(=O)OCC(COP(=O)(O)OCC[N+](C)(C)C)OC(=O)CCCCCCCCCCc2oc(CCC)c(C)c2C)o1. The monoisotopic (exact) mass is 909 g/mol. The smallest absolute Gasteiger partial charge is 0.466 e. The minimum absolute atomic E-state index is 0.0217. The average Bonchev–Trinajstić information content (AvgIpc) is 3.71. The van der Waals surface area contributed by atoms with Gasteiger partial charge in [-0.25, -0.2) is 4.57 Å². The second-order valence-electron chi connectivity index (χ2n) is 19.0. The molecular formula is C51H91NO10P+. The molecule has 0 radical (unpaired) electrons. The van der Waals surface area contributed by atoms with Crippen LogP contribution in [0, 0.1) is 20.8 Å². The van der Waals surface area contributed by atoms with Crippen LogP contribution < -0.4 is 0 Å². The number of unbranched alkanes of at least 4 members (excludes halogenated alkanes) is 18. The van der Waals surface area contributed by atoms with Crippen LogP contribution in [0.1, 0.15) is 208 Å². The van der Waals surface area contributed by atoms with Crippen LogP contribution in [0.15, 0.2) is 14.9 Å². The quantitative estimate of drug-likeness (QED) is 0.0298. The van der Waals surface area contributed by atoms with Crippen molar-refractivity contribution in [1.82, 2.24) is 0 Å². The summed E-state index contributed by atoms with van der Waals surface area (Å²) in [6.07, 6.45) is 28.0. The standard InChI is InChI=1S/C51H90NO10P/c1-9-11-26-32-45-39-42(3)47(60-45)33-27-22-18-14-12-13-15-20-24-29-35-50(53)57-40-46(41-59-63(55,56)58-38-37-52(6,7)8)61-51(54)36-30-25-21-17-16-19-23-28-34-49-44(5)43(4)48(62-49)31-10-2/h39,46H,9-38,40-41H2,1-8H3/p+1. The van der Waals surface area contributed by atoms with Gasteiger partial charge in [0.05, 0.1) is 27.7 Å². The maximum Gasteiger partial charge on any atom is 0.472 e. The Kier molecular flexibility index (Phi) is 29.8. The average molecular weight is 909 g/mol. The highest BCUT2D eigenvalue weighted by Crippen LogP contribution is 2.43. The number of quaternary nitrogens is 1. The largest absolute Gasteiger partial charge is 0.472 e. The molecule has 0 aliphatic heterocycles. The van der Waals surface area contributed by atoms with Gasteiger partial charge >= 0.3 is 19.8 Å². The van der Waals surface area contributed by atoms with Crippen molar-refractivity contribution in [2.24, 2.45) is 0 Å². The molecule has 0 fully saturated rings. The first kappa shape index (κ1) is 56.7. The van der Waals surface area contributed by atoms with Gasteiger partial charge in [0.2, 0.25) is 0 Å². The molecule has 0 aliphatic carbocycles. The third kappa shape index (κ3) is 27.6. The lowest BCUT2D eigenvalue weighted by Crippen LogP contribution is -2.37. The summed E-state index contributed by atoms with van der Waals surface area (Å²) in [4.78, 5) is 35.7. The van der Waals surface area contributed by atoms with E-state index in [1.165, 1.54) is 99.5 Å². The van der Waals surface area contributed by atoms with E-state index < -0.39 is 26.5 Å². The number of rotatable bonds is 40. The van der Waals surface area contributed by atoms with E-state index in [0.29, 0.717) is 17.4 Å². The molecule has 2 aromatic rings. The summed E-state index contributed by atoms with van der Waals surface area (Å²) in [5.74, 6) is 3.78. The van der Waals surface area contributed by atoms with Gasteiger partial charge in [0.25, 0.3) is 0 Å². The number of likely N-dealkylation sites (N-methyl/N-ethyl adjacent to an activating group) is 1. The summed E-state index contributed by atoms with van der Waals surface area (Å²) in [7, 11) is 1.45. The van der Waals surface area contributed by atoms with Gasteiger partial charge in [-0.1, -0.05) is 117 Å². The number of carbonyl (C=O) groups excluding carboxylic acids is 2. The predicted molar refractivity (Wildman–Crippen MR) is 254 cm³/mol. The Bertz CT molecular complexity index is 1560. The molecule has 364 valence electrons. The lowest BCUT2D eigenvalue weighted by atomic mass is 10.0. The van der Waals surface area contributed by atoms with Crippen molar-refractivity contribution in [3.63, 3.8) is 0 Å². The van der Waals surface area contributed by atoms with Crippen LogP contribution in [-0.4, -0.2) is 74.9 Å². The highest BCUT2D eigenvalue weighted by atomic mass is 31.2. The molecule has 2 rings (SSSR count). The van der Waals surface area contributed by atoms with E-state index in [0.717, 1.165) is 101 Å². The minimum Gasteiger partial charge on any atom is -0.466 e. The summed E-state index contributed by atoms with van der Waals surface area (Å²) in [5, 5.41) is 0. The zero-order valence-electron chi connectivity index (χ0n) is 41.3. The number of carbonyl (C=O) groups is 2. The van der Waals surface area contributed by atoms with Crippen LogP contribution in [0.25, 0.3) is 0 Å². The third-order valence-electron chi connectivity index (χ3n) is 12.0. The number of ether oxygens (including phenoxy) is 2. The van der Waals surface area contributed by atoms with Gasteiger partial charge < -0.3 is 27.7 Å². The molecule has 1 N–H and O–H groups in total. The van der Waals surface area contributed by atoms with Gasteiger partial charge in [-0.15, -0.1) is 0 Å². The van der Waals surface area contributed by atoms with E-state index >= 15 is 0 Å². The van der Waals surface area contributed by atoms with E-state index in [-0.39, 0.29) is 32.0 Å². The van der Waals surface area contributed by atoms with Gasteiger partial charge in [0.1, 0.15) is 42.8 Å². The number of hydrogen-bond acceptors (Lipinski definition) is 9. The second-order valence-corrected chi connectivity index (χ2v) is 20.4. The summed E-state index contributed by atoms with van der Waals surface area (Å²) < 4.78 is 46.8. The molecule has 63 heavy (non-hydrogen) atoms. The Morgan fingerprint density at radius 1 is 0.603 bits per heavy atom. The van der Waals surface area contributed by atoms with Crippen molar-refractivity contribution < 1.29 is 50.9 Å². The maximum absolute atomic E-state index is 12.8. The zero-order chi connectivity index (χ0) is 46.4. The van der Waals surface area contributed by atoms with Crippen molar-refractivity contribution in [3.8, 4) is 0 Å². The van der Waals surface area contributed by atoms with Gasteiger partial charge in [0, 0.05) is 38.5 Å². The van der Waals surface area contributed by atoms with Crippen LogP contribution >= 0.6 is 7.82 Å². The molecule has 0 spiro atoms. The van der Waals surface area contributed by atoms with Crippen molar-refractivity contribution >= 4 is 19.8 Å². The fraction of sp³-hybridized carbons (Fsp3) is 0.804. The summed E-state index contributed by atoms with van der Waals surface area (Å²) in [6.45, 7) is 10.8. The fourth-order valence-electron chi connectivity index (χ4n) is 7.78. The maximum atomic E-state index is 12.8. The number of aryl methyl sites for hydroxylation is 5. The first-order valence-electron chi connectivity index (χ1n) is 25.1. The molecule has 0 saturated carbocycles. The van der Waals surface area contributed by atoms with Gasteiger partial charge in [-0.3, -0.25) is 18.6 Å². The third-order valence-corrected chi connectivity index (χ3v) is 12.9. The molecule has 2 unspecified atom stereocenters. The molecule has 12 heteroatoms. The summed E-state index contributed by atoms with van der Waals surface area (Å²) in [6, 6.07) is 2.23. The second kappa shape index (κ2) is 33.1. The predicted octanol–water partition coefficient (Wildman–Crippen LogP) is 13.4. The van der Waals surface area contributed by atoms with Crippen LogP contribution in [0.4, 0.5) is 0 Å². The lowest BCUT2D eigenvalue weighted by molar-refractivity contribution is -0.870. The van der Waals surface area contributed by atoms with Crippen LogP contribution in [0.2, 0.25) is 0 Å². The van der Waals surface area contributed by atoms with E-state index in [4.69, 9.17) is 27.4 Å². The zero-order valence-corrected chi connectivity index (χ0v) is 42.2. The van der Waals surface area contributed by atoms with Crippen LogP contribution in [0.5, 0.6) is 0 Å². The van der Waals surface area contributed by atoms with Gasteiger partial charge in [-0.2, -0.15) is 0 Å². The molecular weight excluding hydrogens is 818 g/mol. The number of phosphoric ester groups is 1. The molecule has 0 amide bonds. The number of phosphoric acid groups is 1. The van der Waals surface area contributed by atoms with Gasteiger partial charge in [0.15, 0.2) is 6.10 Å². The fourth-order valence-corrected chi connectivity index (χ4v) is 8.52. The minimum atomic E-state index is -4.40. The van der Waals surface area contributed by atoms with E-state index in [9.17, 15) is 19.0 Å². The highest BCUT2D eigenvalue weighted by Gasteiger charge is 2.27. The molecule has 0 saturated heterocycles. The summed E-state index contributed by atoms with van der Waals surface area (Å²) >= 11 is 0. The Balaban J connectivity index is 1.60. The molecule has 11 nitrogen and oxygen atoms in total. The van der Waals surface area contributed by atoms with Crippen LogP contribution in [-0.2, 0) is 58.4 Å². The van der Waals surface area contributed by atoms with E-state index in [1.807, 2.05) is 21.1 Å². The van der Waals surface area contributed by atoms with E-state index in [1.54, 1.807) is 0 Å². The highest BCUT2D eigenvalue weighted by molar-refractivity contribution is 7.47. The topological polar surface area (TPSA) is 135 Å². The Morgan fingerprint density at radius 2 is 1.10 bits per heavy atom. The number of nitrogens with zero attached hydrogens (tertiary/aromatic N) is 1. The van der Waals surface area contributed by atoms with Gasteiger partial charge in [-0.05, 0) is 82.1 Å². The lowest BCUT2D eigenvalue weighted by Gasteiger charge is -2.24. The van der Waals surface area contributed by atoms with Crippen molar-refractivity contribution in [3.05, 3.63) is 45.8 Å².